The van der Waals surface area contributed by atoms with E-state index >= 15 is 0 Å². The lowest BCUT2D eigenvalue weighted by molar-refractivity contribution is -0.131. The second kappa shape index (κ2) is 4.37. The van der Waals surface area contributed by atoms with Gasteiger partial charge in [-0.15, -0.1) is 0 Å². The van der Waals surface area contributed by atoms with Crippen molar-refractivity contribution >= 4 is 22.9 Å². The zero-order valence-electron chi connectivity index (χ0n) is 9.77. The largest absolute Gasteiger partial charge is 0.478 e. The number of aliphatic carboxylic acids is 1. The fraction of sp³-hybridized carbons (Fsp3) is 0.143. The first kappa shape index (κ1) is 11.3. The van der Waals surface area contributed by atoms with Crippen LogP contribution in [-0.2, 0) is 4.79 Å². The number of benzene rings is 1. The lowest BCUT2D eigenvalue weighted by atomic mass is 10.0. The Kier molecular flexibility index (Phi) is 2.91. The van der Waals surface area contributed by atoms with Crippen molar-refractivity contribution in [3.05, 3.63) is 47.2 Å². The number of carboxylic acids is 1. The third kappa shape index (κ3) is 2.18. The Morgan fingerprint density at radius 3 is 2.76 bits per heavy atom. The fourth-order valence-electron chi connectivity index (χ4n) is 1.79. The summed E-state index contributed by atoms with van der Waals surface area (Å²) in [5.41, 5.74) is 4.12. The van der Waals surface area contributed by atoms with E-state index in [9.17, 15) is 4.79 Å². The lowest BCUT2D eigenvalue weighted by Gasteiger charge is -2.06. The van der Waals surface area contributed by atoms with Gasteiger partial charge < -0.3 is 5.11 Å². The van der Waals surface area contributed by atoms with E-state index < -0.39 is 5.97 Å². The molecule has 0 radical (unpaired) electrons. The molecule has 2 aromatic rings. The molecule has 1 aromatic heterocycles. The number of nitrogens with zero attached hydrogens (tertiary/aromatic N) is 1. The molecular formula is C14H13NO2. The van der Waals surface area contributed by atoms with Crippen LogP contribution in [-0.4, -0.2) is 16.1 Å². The van der Waals surface area contributed by atoms with Gasteiger partial charge in [-0.3, -0.25) is 4.98 Å². The highest BCUT2D eigenvalue weighted by atomic mass is 16.4. The van der Waals surface area contributed by atoms with Gasteiger partial charge in [-0.2, -0.15) is 0 Å². The second-order valence-corrected chi connectivity index (χ2v) is 3.98. The number of carbonyl (C=O) groups is 1. The number of pyridine rings is 1. The first-order valence-corrected chi connectivity index (χ1v) is 5.35. The molecule has 0 aliphatic heterocycles. The molecule has 17 heavy (non-hydrogen) atoms. The van der Waals surface area contributed by atoms with Crippen LogP contribution in [0.4, 0.5) is 0 Å². The summed E-state index contributed by atoms with van der Waals surface area (Å²) in [4.78, 5) is 14.9. The summed E-state index contributed by atoms with van der Waals surface area (Å²) in [5.74, 6) is -0.946. The molecule has 0 aliphatic rings. The van der Waals surface area contributed by atoms with Crippen LogP contribution in [0.5, 0.6) is 0 Å². The molecule has 1 aromatic carbocycles. The maximum Gasteiger partial charge on any atom is 0.328 e. The molecule has 0 saturated carbocycles. The van der Waals surface area contributed by atoms with E-state index in [-0.39, 0.29) is 0 Å². The van der Waals surface area contributed by atoms with Crippen LogP contribution in [0, 0.1) is 13.8 Å². The topological polar surface area (TPSA) is 50.2 Å². The average Bonchev–Trinajstić information content (AvgIpc) is 2.31. The molecule has 0 spiro atoms. The van der Waals surface area contributed by atoms with E-state index in [0.29, 0.717) is 0 Å². The van der Waals surface area contributed by atoms with E-state index in [1.54, 1.807) is 12.3 Å². The molecule has 1 N–H and O–H groups in total. The molecule has 86 valence electrons. The van der Waals surface area contributed by atoms with Crippen LogP contribution < -0.4 is 0 Å². The Morgan fingerprint density at radius 1 is 1.29 bits per heavy atom. The molecule has 1 heterocycles. The van der Waals surface area contributed by atoms with Gasteiger partial charge in [0.05, 0.1) is 5.52 Å². The first-order chi connectivity index (χ1) is 8.09. The predicted molar refractivity (Wildman–Crippen MR) is 67.9 cm³/mol. The molecule has 0 bridgehead atoms. The summed E-state index contributed by atoms with van der Waals surface area (Å²) in [7, 11) is 0. The summed E-state index contributed by atoms with van der Waals surface area (Å²) in [6.45, 7) is 4.06. The number of hydrogen-bond donors (Lipinski definition) is 1. The number of fused-ring (bicyclic) bond motifs is 1. The van der Waals surface area contributed by atoms with Gasteiger partial charge in [-0.25, -0.2) is 4.79 Å². The molecule has 0 saturated heterocycles. The van der Waals surface area contributed by atoms with E-state index in [4.69, 9.17) is 5.11 Å². The Hall–Kier alpha value is -2.16. The molecular weight excluding hydrogens is 214 g/mol. The van der Waals surface area contributed by atoms with Gasteiger partial charge >= 0.3 is 5.97 Å². The highest BCUT2D eigenvalue weighted by Gasteiger charge is 2.04. The summed E-state index contributed by atoms with van der Waals surface area (Å²) in [6.07, 6.45) is 4.45. The number of carboxylic acid groups (broad SMARTS) is 1. The Bertz CT molecular complexity index is 615. The molecule has 3 nitrogen and oxygen atoms in total. The summed E-state index contributed by atoms with van der Waals surface area (Å²) in [5, 5.41) is 9.62. The molecule has 2 rings (SSSR count). The van der Waals surface area contributed by atoms with E-state index in [0.717, 1.165) is 28.1 Å². The molecule has 0 amide bonds. The highest BCUT2D eigenvalue weighted by molar-refractivity contribution is 5.94. The third-order valence-corrected chi connectivity index (χ3v) is 2.88. The summed E-state index contributed by atoms with van der Waals surface area (Å²) in [6, 6.07) is 5.82. The first-order valence-electron chi connectivity index (χ1n) is 5.35. The molecule has 3 heteroatoms. The second-order valence-electron chi connectivity index (χ2n) is 3.98. The SMILES string of the molecule is Cc1ccc2c(C=CC(=O)O)ccnc2c1C. The van der Waals surface area contributed by atoms with Crippen molar-refractivity contribution in [3.63, 3.8) is 0 Å². The van der Waals surface area contributed by atoms with Crippen LogP contribution in [0.1, 0.15) is 16.7 Å². The van der Waals surface area contributed by atoms with Crippen molar-refractivity contribution in [2.75, 3.05) is 0 Å². The van der Waals surface area contributed by atoms with Gasteiger partial charge in [0.15, 0.2) is 0 Å². The van der Waals surface area contributed by atoms with Gasteiger partial charge in [-0.05, 0) is 42.7 Å². The minimum atomic E-state index is -0.946. The van der Waals surface area contributed by atoms with Crippen LogP contribution >= 0.6 is 0 Å². The van der Waals surface area contributed by atoms with E-state index in [1.807, 2.05) is 32.0 Å². The minimum Gasteiger partial charge on any atom is -0.478 e. The minimum absolute atomic E-state index is 0.875. The zero-order chi connectivity index (χ0) is 12.4. The highest BCUT2D eigenvalue weighted by Crippen LogP contribution is 2.23. The zero-order valence-corrected chi connectivity index (χ0v) is 9.77. The van der Waals surface area contributed by atoms with Crippen LogP contribution in [0.15, 0.2) is 30.5 Å². The summed E-state index contributed by atoms with van der Waals surface area (Å²) >= 11 is 0. The van der Waals surface area contributed by atoms with Gasteiger partial charge in [-0.1, -0.05) is 12.1 Å². The lowest BCUT2D eigenvalue weighted by Crippen LogP contribution is -1.90. The van der Waals surface area contributed by atoms with Gasteiger partial charge in [0.2, 0.25) is 0 Å². The number of rotatable bonds is 2. The molecule has 0 aliphatic carbocycles. The number of aryl methyl sites for hydroxylation is 2. The van der Waals surface area contributed by atoms with Crippen molar-refractivity contribution in [1.82, 2.24) is 4.98 Å². The molecule has 0 fully saturated rings. The number of aromatic nitrogens is 1. The monoisotopic (exact) mass is 227 g/mol. The standard InChI is InChI=1S/C14H13NO2/c1-9-3-5-12-11(4-6-13(16)17)7-8-15-14(12)10(9)2/h3-8H,1-2H3,(H,16,17). The Balaban J connectivity index is 2.66. The quantitative estimate of drug-likeness (QED) is 0.802. The normalized spacial score (nSPS) is 11.2. The van der Waals surface area contributed by atoms with Gasteiger partial charge in [0.25, 0.3) is 0 Å². The van der Waals surface area contributed by atoms with Gasteiger partial charge in [0, 0.05) is 17.7 Å². The van der Waals surface area contributed by atoms with Crippen LogP contribution in [0.2, 0.25) is 0 Å². The maximum absolute atomic E-state index is 10.5. The van der Waals surface area contributed by atoms with Crippen molar-refractivity contribution in [1.29, 1.82) is 0 Å². The van der Waals surface area contributed by atoms with Crippen molar-refractivity contribution in [3.8, 4) is 0 Å². The smallest absolute Gasteiger partial charge is 0.328 e. The maximum atomic E-state index is 10.5. The predicted octanol–water partition coefficient (Wildman–Crippen LogP) is 2.95. The Labute approximate surface area is 99.4 Å². The van der Waals surface area contributed by atoms with Gasteiger partial charge in [0.1, 0.15) is 0 Å². The fourth-order valence-corrected chi connectivity index (χ4v) is 1.79. The molecule has 0 atom stereocenters. The van der Waals surface area contributed by atoms with Crippen molar-refractivity contribution in [2.45, 2.75) is 13.8 Å². The van der Waals surface area contributed by atoms with Crippen molar-refractivity contribution in [2.24, 2.45) is 0 Å². The third-order valence-electron chi connectivity index (χ3n) is 2.88. The van der Waals surface area contributed by atoms with Crippen molar-refractivity contribution < 1.29 is 9.90 Å². The summed E-state index contributed by atoms with van der Waals surface area (Å²) < 4.78 is 0. The van der Waals surface area contributed by atoms with E-state index in [2.05, 4.69) is 4.98 Å². The Morgan fingerprint density at radius 2 is 2.06 bits per heavy atom. The number of hydrogen-bond acceptors (Lipinski definition) is 2. The van der Waals surface area contributed by atoms with E-state index in [1.165, 1.54) is 5.56 Å². The van der Waals surface area contributed by atoms with Crippen LogP contribution in [0.3, 0.4) is 0 Å². The van der Waals surface area contributed by atoms with Crippen LogP contribution in [0.25, 0.3) is 17.0 Å². The molecule has 0 unspecified atom stereocenters. The average molecular weight is 227 g/mol.